The van der Waals surface area contributed by atoms with Gasteiger partial charge in [0.1, 0.15) is 5.82 Å². The third-order valence-electron chi connectivity index (χ3n) is 3.20. The average Bonchev–Trinajstić information content (AvgIpc) is 2.60. The third kappa shape index (κ3) is 4.20. The maximum atomic E-state index is 12.4. The van der Waals surface area contributed by atoms with Crippen LogP contribution in [0.2, 0.25) is 0 Å². The molecular weight excluding hydrogens is 334 g/mol. The Balaban J connectivity index is 0.00000288. The lowest BCUT2D eigenvalue weighted by atomic mass is 10.1. The second kappa shape index (κ2) is 8.83. The van der Waals surface area contributed by atoms with Gasteiger partial charge >= 0.3 is 0 Å². The molecule has 0 bridgehead atoms. The minimum absolute atomic E-state index is 0. The van der Waals surface area contributed by atoms with E-state index in [2.05, 4.69) is 15.6 Å². The van der Waals surface area contributed by atoms with Crippen molar-refractivity contribution in [1.29, 1.82) is 0 Å². The number of methoxy groups -OCH3 is 3. The molecule has 0 atom stereocenters. The lowest BCUT2D eigenvalue weighted by Crippen LogP contribution is -2.13. The summed E-state index contributed by atoms with van der Waals surface area (Å²) in [4.78, 5) is 16.5. The van der Waals surface area contributed by atoms with Gasteiger partial charge in [-0.25, -0.2) is 4.98 Å². The van der Waals surface area contributed by atoms with Crippen LogP contribution in [0.15, 0.2) is 30.5 Å². The van der Waals surface area contributed by atoms with E-state index in [1.807, 2.05) is 0 Å². The van der Waals surface area contributed by atoms with Gasteiger partial charge in [0.05, 0.1) is 33.2 Å². The largest absolute Gasteiger partial charge is 0.493 e. The van der Waals surface area contributed by atoms with Crippen molar-refractivity contribution in [2.75, 3.05) is 39.0 Å². The molecule has 1 amide bonds. The van der Waals surface area contributed by atoms with Crippen LogP contribution in [0.1, 0.15) is 10.4 Å². The van der Waals surface area contributed by atoms with Crippen molar-refractivity contribution >= 4 is 29.8 Å². The highest BCUT2D eigenvalue weighted by Gasteiger charge is 2.17. The summed E-state index contributed by atoms with van der Waals surface area (Å²) >= 11 is 0. The van der Waals surface area contributed by atoms with Gasteiger partial charge in [-0.2, -0.15) is 0 Å². The number of nitrogens with zero attached hydrogens (tertiary/aromatic N) is 1. The van der Waals surface area contributed by atoms with Crippen LogP contribution in [0.3, 0.4) is 0 Å². The molecule has 0 fully saturated rings. The Hall–Kier alpha value is -2.67. The summed E-state index contributed by atoms with van der Waals surface area (Å²) in [5.74, 6) is 1.69. The Morgan fingerprint density at radius 1 is 1.04 bits per heavy atom. The molecule has 1 aromatic carbocycles. The number of aromatic nitrogens is 1. The summed E-state index contributed by atoms with van der Waals surface area (Å²) < 4.78 is 15.7. The van der Waals surface area contributed by atoms with Crippen LogP contribution in [0, 0.1) is 0 Å². The van der Waals surface area contributed by atoms with E-state index in [1.165, 1.54) is 21.3 Å². The van der Waals surface area contributed by atoms with E-state index in [0.717, 1.165) is 5.82 Å². The number of nitrogens with one attached hydrogen (secondary N) is 2. The molecule has 1 aromatic heterocycles. The van der Waals surface area contributed by atoms with E-state index >= 15 is 0 Å². The average molecular weight is 354 g/mol. The maximum Gasteiger partial charge on any atom is 0.255 e. The van der Waals surface area contributed by atoms with Crippen molar-refractivity contribution in [3.63, 3.8) is 0 Å². The van der Waals surface area contributed by atoms with Gasteiger partial charge in [0.25, 0.3) is 5.91 Å². The molecule has 0 spiro atoms. The molecule has 0 saturated heterocycles. The number of hydrogen-bond donors (Lipinski definition) is 2. The van der Waals surface area contributed by atoms with Crippen LogP contribution in [-0.4, -0.2) is 39.3 Å². The molecule has 0 aliphatic heterocycles. The molecule has 1 heterocycles. The first-order chi connectivity index (χ1) is 11.1. The monoisotopic (exact) mass is 353 g/mol. The predicted octanol–water partition coefficient (Wildman–Crippen LogP) is 2.82. The molecule has 0 aliphatic rings. The molecule has 8 heteroatoms. The number of benzene rings is 1. The van der Waals surface area contributed by atoms with Crippen LogP contribution in [0.25, 0.3) is 0 Å². The van der Waals surface area contributed by atoms with E-state index in [0.29, 0.717) is 28.5 Å². The van der Waals surface area contributed by atoms with Crippen molar-refractivity contribution in [3.05, 3.63) is 36.0 Å². The number of carbonyl (C=O) groups excluding carboxylic acids is 1. The van der Waals surface area contributed by atoms with E-state index in [1.54, 1.807) is 37.5 Å². The Morgan fingerprint density at radius 3 is 2.08 bits per heavy atom. The van der Waals surface area contributed by atoms with Gasteiger partial charge in [-0.15, -0.1) is 12.4 Å². The van der Waals surface area contributed by atoms with Gasteiger partial charge in [0.2, 0.25) is 5.75 Å². The summed E-state index contributed by atoms with van der Waals surface area (Å²) in [6.45, 7) is 0. The fourth-order valence-electron chi connectivity index (χ4n) is 2.03. The standard InChI is InChI=1S/C16H19N3O4.ClH/c1-17-14-6-5-11(9-18-14)19-16(20)10-7-12(21-2)15(23-4)13(8-10)22-3;/h5-9H,1-4H3,(H,17,18)(H,19,20);1H. The molecular formula is C16H20ClN3O4. The van der Waals surface area contributed by atoms with E-state index < -0.39 is 0 Å². The lowest BCUT2D eigenvalue weighted by molar-refractivity contribution is 0.102. The molecule has 2 aromatic rings. The van der Waals surface area contributed by atoms with Gasteiger partial charge in [0.15, 0.2) is 11.5 Å². The number of carbonyl (C=O) groups is 1. The number of halogens is 1. The zero-order valence-electron chi connectivity index (χ0n) is 13.9. The Morgan fingerprint density at radius 2 is 1.67 bits per heavy atom. The van der Waals surface area contributed by atoms with Crippen LogP contribution < -0.4 is 24.8 Å². The van der Waals surface area contributed by atoms with Gasteiger partial charge in [-0.3, -0.25) is 4.79 Å². The molecule has 0 saturated carbocycles. The number of ether oxygens (including phenoxy) is 3. The molecule has 2 rings (SSSR count). The maximum absolute atomic E-state index is 12.4. The third-order valence-corrected chi connectivity index (χ3v) is 3.20. The number of hydrogen-bond acceptors (Lipinski definition) is 6. The first-order valence-corrected chi connectivity index (χ1v) is 6.88. The minimum atomic E-state index is -0.303. The predicted molar refractivity (Wildman–Crippen MR) is 95.1 cm³/mol. The van der Waals surface area contributed by atoms with E-state index in [9.17, 15) is 4.79 Å². The molecule has 0 unspecified atom stereocenters. The number of pyridine rings is 1. The number of amides is 1. The summed E-state index contributed by atoms with van der Waals surface area (Å²) in [5, 5.41) is 5.68. The zero-order valence-corrected chi connectivity index (χ0v) is 14.7. The highest BCUT2D eigenvalue weighted by molar-refractivity contribution is 6.05. The second-order valence-corrected chi connectivity index (χ2v) is 4.55. The summed E-state index contributed by atoms with van der Waals surface area (Å²) in [7, 11) is 6.28. The SMILES string of the molecule is CNc1ccc(NC(=O)c2cc(OC)c(OC)c(OC)c2)cn1.Cl. The fraction of sp³-hybridized carbons (Fsp3) is 0.250. The fourth-order valence-corrected chi connectivity index (χ4v) is 2.03. The molecule has 2 N–H and O–H groups in total. The number of rotatable bonds is 6. The normalized spacial score (nSPS) is 9.50. The van der Waals surface area contributed by atoms with Crippen molar-refractivity contribution in [2.24, 2.45) is 0 Å². The Labute approximate surface area is 146 Å². The van der Waals surface area contributed by atoms with Crippen LogP contribution in [0.5, 0.6) is 17.2 Å². The highest BCUT2D eigenvalue weighted by Crippen LogP contribution is 2.38. The topological polar surface area (TPSA) is 81.7 Å². The van der Waals surface area contributed by atoms with Crippen LogP contribution in [0.4, 0.5) is 11.5 Å². The quantitative estimate of drug-likeness (QED) is 0.831. The Kier molecular flexibility index (Phi) is 7.13. The molecule has 0 aliphatic carbocycles. The first kappa shape index (κ1) is 19.4. The Bertz CT molecular complexity index is 667. The minimum Gasteiger partial charge on any atom is -0.493 e. The summed E-state index contributed by atoms with van der Waals surface area (Å²) in [6.07, 6.45) is 1.57. The van der Waals surface area contributed by atoms with Crippen LogP contribution in [-0.2, 0) is 0 Å². The molecule has 7 nitrogen and oxygen atoms in total. The summed E-state index contributed by atoms with van der Waals surface area (Å²) in [5.41, 5.74) is 0.972. The summed E-state index contributed by atoms with van der Waals surface area (Å²) in [6, 6.07) is 6.71. The number of anilines is 2. The van der Waals surface area contributed by atoms with Gasteiger partial charge in [-0.05, 0) is 24.3 Å². The van der Waals surface area contributed by atoms with Gasteiger partial charge in [-0.1, -0.05) is 0 Å². The first-order valence-electron chi connectivity index (χ1n) is 6.88. The lowest BCUT2D eigenvalue weighted by Gasteiger charge is -2.14. The molecule has 24 heavy (non-hydrogen) atoms. The zero-order chi connectivity index (χ0) is 16.8. The van der Waals surface area contributed by atoms with Crippen molar-refractivity contribution in [3.8, 4) is 17.2 Å². The van der Waals surface area contributed by atoms with E-state index in [-0.39, 0.29) is 18.3 Å². The van der Waals surface area contributed by atoms with Crippen molar-refractivity contribution in [1.82, 2.24) is 4.98 Å². The van der Waals surface area contributed by atoms with Gasteiger partial charge < -0.3 is 24.8 Å². The molecule has 0 radical (unpaired) electrons. The highest BCUT2D eigenvalue weighted by atomic mass is 35.5. The van der Waals surface area contributed by atoms with Gasteiger partial charge in [0, 0.05) is 12.6 Å². The van der Waals surface area contributed by atoms with Crippen molar-refractivity contribution in [2.45, 2.75) is 0 Å². The van der Waals surface area contributed by atoms with Crippen molar-refractivity contribution < 1.29 is 19.0 Å². The second-order valence-electron chi connectivity index (χ2n) is 4.55. The molecule has 130 valence electrons. The van der Waals surface area contributed by atoms with E-state index in [4.69, 9.17) is 14.2 Å². The van der Waals surface area contributed by atoms with Crippen LogP contribution >= 0.6 is 12.4 Å². The smallest absolute Gasteiger partial charge is 0.255 e.